The third-order valence-electron chi connectivity index (χ3n) is 4.23. The van der Waals surface area contributed by atoms with Gasteiger partial charge in [0.15, 0.2) is 11.5 Å². The quantitative estimate of drug-likeness (QED) is 0.930. The average molecular weight is 273 g/mol. The monoisotopic (exact) mass is 273 g/mol. The molecule has 0 saturated heterocycles. The Morgan fingerprint density at radius 2 is 2.15 bits per heavy atom. The van der Waals surface area contributed by atoms with Gasteiger partial charge in [0.2, 0.25) is 0 Å². The highest BCUT2D eigenvalue weighted by Crippen LogP contribution is 2.27. The molecule has 1 fully saturated rings. The van der Waals surface area contributed by atoms with Crippen LogP contribution in [-0.2, 0) is 0 Å². The van der Waals surface area contributed by atoms with E-state index in [4.69, 9.17) is 0 Å². The van der Waals surface area contributed by atoms with Crippen molar-refractivity contribution in [3.63, 3.8) is 0 Å². The topological polar surface area (TPSA) is 45.5 Å². The van der Waals surface area contributed by atoms with Gasteiger partial charge in [-0.3, -0.25) is 0 Å². The molecule has 5 nitrogen and oxygen atoms in total. The molecule has 0 radical (unpaired) electrons. The molecule has 3 rings (SSSR count). The minimum absolute atomic E-state index is 0.795. The lowest BCUT2D eigenvalue weighted by atomic mass is 9.89. The van der Waals surface area contributed by atoms with E-state index in [1.165, 1.54) is 32.1 Å². The first kappa shape index (κ1) is 13.2. The fourth-order valence-corrected chi connectivity index (χ4v) is 3.14. The number of fused-ring (bicyclic) bond motifs is 1. The van der Waals surface area contributed by atoms with E-state index in [0.717, 1.165) is 29.7 Å². The highest BCUT2D eigenvalue weighted by atomic mass is 15.2. The lowest BCUT2D eigenvalue weighted by molar-refractivity contribution is 0.362. The Hall–Kier alpha value is -1.78. The van der Waals surface area contributed by atoms with Crippen molar-refractivity contribution in [2.75, 3.05) is 30.9 Å². The Morgan fingerprint density at radius 3 is 2.90 bits per heavy atom. The minimum atomic E-state index is 0.795. The van der Waals surface area contributed by atoms with E-state index in [0.29, 0.717) is 0 Å². The predicted octanol–water partition coefficient (Wildman–Crippen LogP) is 2.79. The van der Waals surface area contributed by atoms with Gasteiger partial charge in [0, 0.05) is 33.0 Å². The zero-order valence-corrected chi connectivity index (χ0v) is 12.3. The summed E-state index contributed by atoms with van der Waals surface area (Å²) in [7, 11) is 4.03. The molecule has 0 amide bonds. The first-order valence-corrected chi connectivity index (χ1v) is 7.50. The number of nitrogens with one attached hydrogen (secondary N) is 1. The van der Waals surface area contributed by atoms with Gasteiger partial charge < -0.3 is 14.6 Å². The fraction of sp³-hybridized carbons (Fsp3) is 0.600. The van der Waals surface area contributed by atoms with Gasteiger partial charge in [-0.05, 0) is 18.8 Å². The molecule has 0 atom stereocenters. The van der Waals surface area contributed by atoms with Crippen molar-refractivity contribution in [3.8, 4) is 0 Å². The second-order valence-electron chi connectivity index (χ2n) is 5.74. The molecule has 1 N–H and O–H groups in total. The van der Waals surface area contributed by atoms with E-state index in [1.54, 1.807) is 0 Å². The van der Waals surface area contributed by atoms with Crippen LogP contribution in [0.3, 0.4) is 0 Å². The van der Waals surface area contributed by atoms with Gasteiger partial charge in [0.1, 0.15) is 5.82 Å². The van der Waals surface area contributed by atoms with Crippen molar-refractivity contribution in [1.29, 1.82) is 0 Å². The standard InChI is InChI=1S/C15H23N5/c1-16-13-11-20-9-8-17-14(20)15(18-13)19(2)10-12-6-4-3-5-7-12/h8-9,11-12,16H,3-7,10H2,1-2H3. The van der Waals surface area contributed by atoms with Crippen molar-refractivity contribution in [1.82, 2.24) is 14.4 Å². The molecule has 0 spiro atoms. The predicted molar refractivity (Wildman–Crippen MR) is 82.4 cm³/mol. The van der Waals surface area contributed by atoms with Crippen LogP contribution in [-0.4, -0.2) is 35.0 Å². The maximum absolute atomic E-state index is 4.69. The van der Waals surface area contributed by atoms with Gasteiger partial charge in [0.05, 0.1) is 6.20 Å². The summed E-state index contributed by atoms with van der Waals surface area (Å²) in [4.78, 5) is 11.4. The lowest BCUT2D eigenvalue weighted by Gasteiger charge is -2.28. The van der Waals surface area contributed by atoms with Crippen LogP contribution in [0.15, 0.2) is 18.6 Å². The molecule has 1 saturated carbocycles. The molecule has 5 heteroatoms. The molecule has 2 aromatic heterocycles. The minimum Gasteiger partial charge on any atom is -0.372 e. The summed E-state index contributed by atoms with van der Waals surface area (Å²) >= 11 is 0. The molecule has 2 heterocycles. The number of hydrogen-bond donors (Lipinski definition) is 1. The van der Waals surface area contributed by atoms with Crippen molar-refractivity contribution in [3.05, 3.63) is 18.6 Å². The molecule has 20 heavy (non-hydrogen) atoms. The van der Waals surface area contributed by atoms with Crippen LogP contribution in [0.4, 0.5) is 11.6 Å². The molecule has 1 aliphatic carbocycles. The second kappa shape index (κ2) is 5.69. The second-order valence-corrected chi connectivity index (χ2v) is 5.74. The fourth-order valence-electron chi connectivity index (χ4n) is 3.14. The van der Waals surface area contributed by atoms with Gasteiger partial charge in [-0.1, -0.05) is 19.3 Å². The zero-order valence-electron chi connectivity index (χ0n) is 12.3. The number of aromatic nitrogens is 3. The van der Waals surface area contributed by atoms with E-state index < -0.39 is 0 Å². The van der Waals surface area contributed by atoms with Crippen molar-refractivity contribution in [2.45, 2.75) is 32.1 Å². The Kier molecular flexibility index (Phi) is 3.76. The van der Waals surface area contributed by atoms with Gasteiger partial charge in [-0.2, -0.15) is 0 Å². The summed E-state index contributed by atoms with van der Waals surface area (Å²) in [5.41, 5.74) is 0.933. The normalized spacial score (nSPS) is 16.5. The van der Waals surface area contributed by atoms with E-state index in [9.17, 15) is 0 Å². The van der Waals surface area contributed by atoms with Crippen molar-refractivity contribution in [2.24, 2.45) is 5.92 Å². The van der Waals surface area contributed by atoms with Crippen LogP contribution in [0, 0.1) is 5.92 Å². The summed E-state index contributed by atoms with van der Waals surface area (Å²) in [6, 6.07) is 0. The molecule has 0 aromatic carbocycles. The largest absolute Gasteiger partial charge is 0.372 e. The summed E-state index contributed by atoms with van der Waals surface area (Å²) in [6.45, 7) is 1.07. The Bertz CT molecular complexity index is 571. The summed E-state index contributed by atoms with van der Waals surface area (Å²) < 4.78 is 2.03. The van der Waals surface area contributed by atoms with Crippen LogP contribution in [0.2, 0.25) is 0 Å². The van der Waals surface area contributed by atoms with Gasteiger partial charge in [0.25, 0.3) is 0 Å². The highest BCUT2D eigenvalue weighted by Gasteiger charge is 2.18. The maximum Gasteiger partial charge on any atom is 0.180 e. The SMILES string of the molecule is CNc1cn2ccnc2c(N(C)CC2CCCCC2)n1. The average Bonchev–Trinajstić information content (AvgIpc) is 2.95. The lowest BCUT2D eigenvalue weighted by Crippen LogP contribution is -2.28. The van der Waals surface area contributed by atoms with Gasteiger partial charge >= 0.3 is 0 Å². The van der Waals surface area contributed by atoms with Crippen LogP contribution < -0.4 is 10.2 Å². The number of nitrogens with zero attached hydrogens (tertiary/aromatic N) is 4. The first-order chi connectivity index (χ1) is 9.78. The Balaban J connectivity index is 1.85. The molecule has 2 aromatic rings. The molecular weight excluding hydrogens is 250 g/mol. The van der Waals surface area contributed by atoms with Gasteiger partial charge in [-0.15, -0.1) is 0 Å². The smallest absolute Gasteiger partial charge is 0.180 e. The molecule has 0 unspecified atom stereocenters. The third-order valence-corrected chi connectivity index (χ3v) is 4.23. The van der Waals surface area contributed by atoms with Crippen LogP contribution in [0.5, 0.6) is 0 Å². The molecule has 0 aliphatic heterocycles. The van der Waals surface area contributed by atoms with E-state index in [1.807, 2.05) is 30.0 Å². The van der Waals surface area contributed by atoms with E-state index >= 15 is 0 Å². The highest BCUT2D eigenvalue weighted by molar-refractivity contribution is 5.66. The molecule has 0 bridgehead atoms. The van der Waals surface area contributed by atoms with Crippen LogP contribution in [0.25, 0.3) is 5.65 Å². The van der Waals surface area contributed by atoms with Gasteiger partial charge in [-0.25, -0.2) is 9.97 Å². The summed E-state index contributed by atoms with van der Waals surface area (Å²) in [5, 5.41) is 3.12. The Morgan fingerprint density at radius 1 is 1.35 bits per heavy atom. The summed E-state index contributed by atoms with van der Waals surface area (Å²) in [6.07, 6.45) is 12.6. The molecule has 1 aliphatic rings. The van der Waals surface area contributed by atoms with Crippen LogP contribution in [0.1, 0.15) is 32.1 Å². The molecule has 108 valence electrons. The van der Waals surface area contributed by atoms with E-state index in [-0.39, 0.29) is 0 Å². The molecular formula is C15H23N5. The van der Waals surface area contributed by atoms with E-state index in [2.05, 4.69) is 27.2 Å². The number of rotatable bonds is 4. The number of hydrogen-bond acceptors (Lipinski definition) is 4. The first-order valence-electron chi connectivity index (χ1n) is 7.50. The third kappa shape index (κ3) is 2.57. The maximum atomic E-state index is 4.69. The summed E-state index contributed by atoms with van der Waals surface area (Å²) in [5.74, 6) is 2.64. The zero-order chi connectivity index (χ0) is 13.9. The Labute approximate surface area is 120 Å². The number of anilines is 2. The number of imidazole rings is 1. The van der Waals surface area contributed by atoms with Crippen molar-refractivity contribution < 1.29 is 0 Å². The van der Waals surface area contributed by atoms with Crippen molar-refractivity contribution >= 4 is 17.3 Å². The van der Waals surface area contributed by atoms with Crippen LogP contribution >= 0.6 is 0 Å².